The zero-order valence-corrected chi connectivity index (χ0v) is 16.2. The summed E-state index contributed by atoms with van der Waals surface area (Å²) in [6.07, 6.45) is 0. The molecule has 1 aliphatic rings. The molecule has 0 saturated heterocycles. The number of fused-ring (bicyclic) bond motifs is 1. The maximum atomic E-state index is 12.9. The van der Waals surface area contributed by atoms with Gasteiger partial charge in [0.15, 0.2) is 0 Å². The molecule has 2 aromatic carbocycles. The number of hydrogen-bond donors (Lipinski definition) is 1. The molecule has 1 N–H and O–H groups in total. The normalized spacial score (nSPS) is 12.9. The van der Waals surface area contributed by atoms with Crippen LogP contribution in [0.25, 0.3) is 0 Å². The molecule has 7 nitrogen and oxygen atoms in total. The number of hydrogen-bond acceptors (Lipinski definition) is 5. The lowest BCUT2D eigenvalue weighted by Crippen LogP contribution is -2.32. The fourth-order valence-corrected chi connectivity index (χ4v) is 3.07. The molecule has 0 aromatic heterocycles. The number of imide groups is 1. The molecule has 0 unspecified atom stereocenters. The zero-order chi connectivity index (χ0) is 20.3. The van der Waals surface area contributed by atoms with Gasteiger partial charge in [-0.15, -0.1) is 0 Å². The van der Waals surface area contributed by atoms with Gasteiger partial charge in [-0.3, -0.25) is 14.4 Å². The van der Waals surface area contributed by atoms with E-state index in [0.717, 1.165) is 4.90 Å². The molecule has 28 heavy (non-hydrogen) atoms. The van der Waals surface area contributed by atoms with E-state index in [4.69, 9.17) is 4.74 Å². The Labute approximate surface area is 163 Å². The van der Waals surface area contributed by atoms with Crippen molar-refractivity contribution in [2.75, 3.05) is 38.7 Å². The highest BCUT2D eigenvalue weighted by Gasteiger charge is 2.37. The van der Waals surface area contributed by atoms with Gasteiger partial charge in [-0.25, -0.2) is 4.90 Å². The van der Waals surface area contributed by atoms with E-state index in [0.29, 0.717) is 42.3 Å². The van der Waals surface area contributed by atoms with Crippen LogP contribution in [0.5, 0.6) is 5.75 Å². The van der Waals surface area contributed by atoms with E-state index in [1.807, 2.05) is 14.0 Å². The van der Waals surface area contributed by atoms with Crippen molar-refractivity contribution in [3.63, 3.8) is 0 Å². The van der Waals surface area contributed by atoms with Crippen LogP contribution >= 0.6 is 0 Å². The van der Waals surface area contributed by atoms with Crippen molar-refractivity contribution < 1.29 is 19.1 Å². The van der Waals surface area contributed by atoms with Crippen LogP contribution in [0.4, 0.5) is 5.69 Å². The van der Waals surface area contributed by atoms with Crippen LogP contribution in [0.1, 0.15) is 38.0 Å². The molecule has 0 fully saturated rings. The Morgan fingerprint density at radius 3 is 2.39 bits per heavy atom. The summed E-state index contributed by atoms with van der Waals surface area (Å²) >= 11 is 0. The third-order valence-corrected chi connectivity index (χ3v) is 4.58. The third-order valence-electron chi connectivity index (χ3n) is 4.58. The van der Waals surface area contributed by atoms with Crippen LogP contribution in [0.15, 0.2) is 42.5 Å². The molecular weight excluding hydrogens is 358 g/mol. The number of rotatable bonds is 7. The smallest absolute Gasteiger partial charge is 0.266 e. The summed E-state index contributed by atoms with van der Waals surface area (Å²) in [4.78, 5) is 40.9. The first kappa shape index (κ1) is 19.6. The molecule has 0 aliphatic carbocycles. The minimum absolute atomic E-state index is 0.196. The quantitative estimate of drug-likeness (QED) is 0.744. The minimum atomic E-state index is -0.434. The lowest BCUT2D eigenvalue weighted by molar-refractivity contribution is 0.0796. The highest BCUT2D eigenvalue weighted by molar-refractivity contribution is 6.34. The number of ether oxygens (including phenoxy) is 1. The largest absolute Gasteiger partial charge is 0.494 e. The van der Waals surface area contributed by atoms with Crippen LogP contribution < -0.4 is 15.0 Å². The fraction of sp³-hybridized carbons (Fsp3) is 0.286. The second-order valence-corrected chi connectivity index (χ2v) is 6.46. The highest BCUT2D eigenvalue weighted by atomic mass is 16.5. The van der Waals surface area contributed by atoms with Crippen LogP contribution in [0.3, 0.4) is 0 Å². The second kappa shape index (κ2) is 8.22. The molecule has 0 spiro atoms. The van der Waals surface area contributed by atoms with Crippen LogP contribution in [0.2, 0.25) is 0 Å². The van der Waals surface area contributed by atoms with E-state index in [1.54, 1.807) is 48.3 Å². The van der Waals surface area contributed by atoms with E-state index < -0.39 is 11.8 Å². The molecule has 0 atom stereocenters. The maximum absolute atomic E-state index is 12.9. The number of amides is 3. The number of likely N-dealkylation sites (N-methyl/N-ethyl adjacent to an activating group) is 2. The Bertz CT molecular complexity index is 908. The van der Waals surface area contributed by atoms with Gasteiger partial charge in [0, 0.05) is 25.7 Å². The molecule has 1 aliphatic heterocycles. The van der Waals surface area contributed by atoms with E-state index in [2.05, 4.69) is 5.32 Å². The minimum Gasteiger partial charge on any atom is -0.494 e. The zero-order valence-electron chi connectivity index (χ0n) is 16.2. The summed E-state index contributed by atoms with van der Waals surface area (Å²) in [5.41, 5.74) is 1.39. The number of carbonyl (C=O) groups excluding carboxylic acids is 3. The summed E-state index contributed by atoms with van der Waals surface area (Å²) in [5, 5.41) is 2.99. The molecule has 3 amide bonds. The van der Waals surface area contributed by atoms with Crippen molar-refractivity contribution >= 4 is 23.4 Å². The summed E-state index contributed by atoms with van der Waals surface area (Å²) < 4.78 is 5.40. The Balaban J connectivity index is 1.86. The predicted octanol–water partition coefficient (Wildman–Crippen LogP) is 2.18. The van der Waals surface area contributed by atoms with Gasteiger partial charge in [0.1, 0.15) is 5.75 Å². The second-order valence-electron chi connectivity index (χ2n) is 6.46. The van der Waals surface area contributed by atoms with Crippen molar-refractivity contribution in [3.05, 3.63) is 59.2 Å². The van der Waals surface area contributed by atoms with Gasteiger partial charge in [0.05, 0.1) is 23.4 Å². The van der Waals surface area contributed by atoms with Gasteiger partial charge in [-0.2, -0.15) is 0 Å². The Morgan fingerprint density at radius 2 is 1.75 bits per heavy atom. The molecular formula is C21H23N3O4. The van der Waals surface area contributed by atoms with Crippen molar-refractivity contribution in [2.24, 2.45) is 0 Å². The summed E-state index contributed by atoms with van der Waals surface area (Å²) in [7, 11) is 3.51. The first-order chi connectivity index (χ1) is 13.5. The predicted molar refractivity (Wildman–Crippen MR) is 106 cm³/mol. The highest BCUT2D eigenvalue weighted by Crippen LogP contribution is 2.30. The van der Waals surface area contributed by atoms with Gasteiger partial charge < -0.3 is 15.0 Å². The number of anilines is 1. The number of carbonyl (C=O) groups is 3. The topological polar surface area (TPSA) is 79.0 Å². The lowest BCUT2D eigenvalue weighted by Gasteiger charge is -2.17. The first-order valence-corrected chi connectivity index (χ1v) is 9.13. The van der Waals surface area contributed by atoms with Gasteiger partial charge >= 0.3 is 0 Å². The van der Waals surface area contributed by atoms with Crippen molar-refractivity contribution in [3.8, 4) is 5.75 Å². The van der Waals surface area contributed by atoms with Gasteiger partial charge in [-0.1, -0.05) is 0 Å². The number of benzene rings is 2. The monoisotopic (exact) mass is 381 g/mol. The van der Waals surface area contributed by atoms with E-state index >= 15 is 0 Å². The first-order valence-electron chi connectivity index (χ1n) is 9.13. The Kier molecular flexibility index (Phi) is 5.75. The van der Waals surface area contributed by atoms with Gasteiger partial charge in [-0.05, 0) is 56.4 Å². The SMILES string of the molecule is CCOc1ccc(N2C(=O)c3ccc(C(=O)N(C)CCNC)cc3C2=O)cc1. The molecule has 0 bridgehead atoms. The molecule has 0 saturated carbocycles. The molecule has 2 aromatic rings. The number of nitrogens with one attached hydrogen (secondary N) is 1. The lowest BCUT2D eigenvalue weighted by atomic mass is 10.0. The van der Waals surface area contributed by atoms with Crippen LogP contribution in [0, 0.1) is 0 Å². The van der Waals surface area contributed by atoms with E-state index in [9.17, 15) is 14.4 Å². The molecule has 3 rings (SSSR count). The Morgan fingerprint density at radius 1 is 1.07 bits per heavy atom. The summed E-state index contributed by atoms with van der Waals surface area (Å²) in [6.45, 7) is 3.62. The van der Waals surface area contributed by atoms with Crippen molar-refractivity contribution in [1.82, 2.24) is 10.2 Å². The maximum Gasteiger partial charge on any atom is 0.266 e. The van der Waals surface area contributed by atoms with E-state index in [-0.39, 0.29) is 11.5 Å². The third kappa shape index (κ3) is 3.61. The molecule has 7 heteroatoms. The number of nitrogens with zero attached hydrogens (tertiary/aromatic N) is 2. The van der Waals surface area contributed by atoms with Gasteiger partial charge in [0.2, 0.25) is 0 Å². The van der Waals surface area contributed by atoms with Crippen LogP contribution in [-0.4, -0.2) is 56.4 Å². The van der Waals surface area contributed by atoms with Gasteiger partial charge in [0.25, 0.3) is 17.7 Å². The van der Waals surface area contributed by atoms with E-state index in [1.165, 1.54) is 6.07 Å². The molecule has 146 valence electrons. The molecule has 0 radical (unpaired) electrons. The van der Waals surface area contributed by atoms with Crippen LogP contribution in [-0.2, 0) is 0 Å². The Hall–Kier alpha value is -3.19. The fourth-order valence-electron chi connectivity index (χ4n) is 3.07. The summed E-state index contributed by atoms with van der Waals surface area (Å²) in [5.74, 6) is -0.360. The summed E-state index contributed by atoms with van der Waals surface area (Å²) in [6, 6.07) is 11.4. The molecule has 1 heterocycles. The standard InChI is InChI=1S/C21H23N3O4/c1-4-28-16-8-6-15(7-9-16)24-20(26)17-10-5-14(13-18(17)21(24)27)19(25)23(3)12-11-22-2/h5-10,13,22H,4,11-12H2,1-3H3. The van der Waals surface area contributed by atoms with Crippen molar-refractivity contribution in [1.29, 1.82) is 0 Å². The average Bonchev–Trinajstić information content (AvgIpc) is 2.96. The van der Waals surface area contributed by atoms with Crippen molar-refractivity contribution in [2.45, 2.75) is 6.92 Å². The average molecular weight is 381 g/mol.